The summed E-state index contributed by atoms with van der Waals surface area (Å²) in [4.78, 5) is 30.7. The van der Waals surface area contributed by atoms with E-state index in [0.29, 0.717) is 23.1 Å². The van der Waals surface area contributed by atoms with Crippen LogP contribution in [0.2, 0.25) is 0 Å². The Morgan fingerprint density at radius 3 is 2.29 bits per heavy atom. The number of hydrogen-bond donors (Lipinski definition) is 0. The maximum absolute atomic E-state index is 13.0. The Morgan fingerprint density at radius 1 is 1.00 bits per heavy atom. The average molecular weight is 424 g/mol. The molecule has 0 spiro atoms. The second kappa shape index (κ2) is 10.3. The van der Waals surface area contributed by atoms with Gasteiger partial charge in [0.2, 0.25) is 11.8 Å². The molecule has 0 atom stereocenters. The number of hydrogen-bond acceptors (Lipinski definition) is 7. The Balaban J connectivity index is 1.78. The van der Waals surface area contributed by atoms with Gasteiger partial charge in [-0.25, -0.2) is 4.98 Å². The highest BCUT2D eigenvalue weighted by Gasteiger charge is 2.21. The number of aromatic nitrogens is 1. The van der Waals surface area contributed by atoms with Gasteiger partial charge in [0, 0.05) is 18.2 Å². The van der Waals surface area contributed by atoms with Crippen LogP contribution in [0.1, 0.15) is 11.3 Å². The van der Waals surface area contributed by atoms with Gasteiger partial charge in [-0.3, -0.25) is 9.59 Å². The van der Waals surface area contributed by atoms with Crippen molar-refractivity contribution < 1.29 is 28.2 Å². The van der Waals surface area contributed by atoms with Crippen LogP contribution < -0.4 is 9.47 Å². The van der Waals surface area contributed by atoms with E-state index < -0.39 is 5.97 Å². The minimum absolute atomic E-state index is 0.0194. The van der Waals surface area contributed by atoms with Gasteiger partial charge in [0.25, 0.3) is 0 Å². The number of oxazole rings is 1. The fraction of sp³-hybridized carbons (Fsp3) is 0.261. The highest BCUT2D eigenvalue weighted by atomic mass is 16.5. The molecule has 31 heavy (non-hydrogen) atoms. The molecule has 2 aromatic carbocycles. The number of rotatable bonds is 9. The topological polar surface area (TPSA) is 91.1 Å². The minimum atomic E-state index is -0.520. The van der Waals surface area contributed by atoms with Crippen molar-refractivity contribution in [1.29, 1.82) is 0 Å². The average Bonchev–Trinajstić information content (AvgIpc) is 3.27. The lowest BCUT2D eigenvalue weighted by Crippen LogP contribution is -2.36. The van der Waals surface area contributed by atoms with E-state index in [0.717, 1.165) is 11.1 Å². The van der Waals surface area contributed by atoms with Crippen LogP contribution in [-0.4, -0.2) is 49.6 Å². The van der Waals surface area contributed by atoms with Gasteiger partial charge < -0.3 is 23.5 Å². The SMILES string of the molecule is COC(=O)CN(Cc1cc(OC)cc(OC)c1)C(=O)Cc1coc(-c2ccccc2)n1. The Labute approximate surface area is 180 Å². The molecule has 0 radical (unpaired) electrons. The van der Waals surface area contributed by atoms with Crippen LogP contribution in [0.5, 0.6) is 11.5 Å². The monoisotopic (exact) mass is 424 g/mol. The molecule has 1 aromatic heterocycles. The summed E-state index contributed by atoms with van der Waals surface area (Å²) in [5.41, 5.74) is 2.04. The smallest absolute Gasteiger partial charge is 0.325 e. The van der Waals surface area contributed by atoms with Gasteiger partial charge >= 0.3 is 5.97 Å². The number of amides is 1. The molecule has 0 unspecified atom stereocenters. The Morgan fingerprint density at radius 2 is 1.68 bits per heavy atom. The summed E-state index contributed by atoms with van der Waals surface area (Å²) < 4.78 is 20.8. The zero-order chi connectivity index (χ0) is 22.2. The van der Waals surface area contributed by atoms with Crippen molar-refractivity contribution in [2.75, 3.05) is 27.9 Å². The van der Waals surface area contributed by atoms with Crippen molar-refractivity contribution in [3.63, 3.8) is 0 Å². The lowest BCUT2D eigenvalue weighted by Gasteiger charge is -2.22. The Kier molecular flexibility index (Phi) is 7.26. The van der Waals surface area contributed by atoms with Crippen molar-refractivity contribution in [2.24, 2.45) is 0 Å². The maximum atomic E-state index is 13.0. The van der Waals surface area contributed by atoms with Crippen molar-refractivity contribution in [3.8, 4) is 23.0 Å². The van der Waals surface area contributed by atoms with E-state index in [4.69, 9.17) is 18.6 Å². The van der Waals surface area contributed by atoms with Crippen LogP contribution in [0.15, 0.2) is 59.2 Å². The molecule has 0 saturated carbocycles. The van der Waals surface area contributed by atoms with E-state index in [-0.39, 0.29) is 25.4 Å². The van der Waals surface area contributed by atoms with Crippen molar-refractivity contribution in [2.45, 2.75) is 13.0 Å². The van der Waals surface area contributed by atoms with Gasteiger partial charge in [0.15, 0.2) is 0 Å². The number of carbonyl (C=O) groups is 2. The standard InChI is InChI=1S/C23H24N2O6/c1-28-19-9-16(10-20(12-19)29-2)13-25(14-22(27)30-3)21(26)11-18-15-31-23(24-18)17-7-5-4-6-8-17/h4-10,12,15H,11,13-14H2,1-3H3. The third-order valence-electron chi connectivity index (χ3n) is 4.59. The Hall–Kier alpha value is -3.81. The number of methoxy groups -OCH3 is 3. The molecule has 1 heterocycles. The van der Waals surface area contributed by atoms with Crippen LogP contribution in [0, 0.1) is 0 Å². The highest BCUT2D eigenvalue weighted by Crippen LogP contribution is 2.24. The molecule has 1 amide bonds. The largest absolute Gasteiger partial charge is 0.497 e. The van der Waals surface area contributed by atoms with E-state index in [1.807, 2.05) is 30.3 Å². The van der Waals surface area contributed by atoms with Gasteiger partial charge in [-0.15, -0.1) is 0 Å². The first-order valence-corrected chi connectivity index (χ1v) is 9.58. The first-order valence-electron chi connectivity index (χ1n) is 9.58. The molecular formula is C23H24N2O6. The molecule has 3 aromatic rings. The molecule has 0 aliphatic heterocycles. The minimum Gasteiger partial charge on any atom is -0.497 e. The number of benzene rings is 2. The molecule has 0 N–H and O–H groups in total. The second-order valence-electron chi connectivity index (χ2n) is 6.73. The van der Waals surface area contributed by atoms with E-state index in [1.54, 1.807) is 32.4 Å². The van der Waals surface area contributed by atoms with E-state index >= 15 is 0 Å². The highest BCUT2D eigenvalue weighted by molar-refractivity contribution is 5.83. The van der Waals surface area contributed by atoms with Crippen LogP contribution in [0.3, 0.4) is 0 Å². The third-order valence-corrected chi connectivity index (χ3v) is 4.59. The summed E-state index contributed by atoms with van der Waals surface area (Å²) in [5.74, 6) is 0.793. The van der Waals surface area contributed by atoms with Crippen LogP contribution in [0.25, 0.3) is 11.5 Å². The fourth-order valence-corrected chi connectivity index (χ4v) is 3.00. The van der Waals surface area contributed by atoms with Crippen LogP contribution in [-0.2, 0) is 27.3 Å². The van der Waals surface area contributed by atoms with Crippen molar-refractivity contribution in [1.82, 2.24) is 9.88 Å². The molecule has 0 aliphatic rings. The number of carbonyl (C=O) groups excluding carboxylic acids is 2. The van der Waals surface area contributed by atoms with Crippen LogP contribution >= 0.6 is 0 Å². The van der Waals surface area contributed by atoms with Gasteiger partial charge in [-0.2, -0.15) is 0 Å². The van der Waals surface area contributed by atoms with E-state index in [9.17, 15) is 9.59 Å². The zero-order valence-electron chi connectivity index (χ0n) is 17.7. The van der Waals surface area contributed by atoms with Crippen molar-refractivity contribution >= 4 is 11.9 Å². The lowest BCUT2D eigenvalue weighted by molar-refractivity contribution is -0.147. The van der Waals surface area contributed by atoms with E-state index in [1.165, 1.54) is 18.3 Å². The predicted molar refractivity (Wildman–Crippen MR) is 113 cm³/mol. The zero-order valence-corrected chi connectivity index (χ0v) is 17.7. The first kappa shape index (κ1) is 21.9. The normalized spacial score (nSPS) is 10.4. The molecule has 8 heteroatoms. The molecule has 0 saturated heterocycles. The number of ether oxygens (including phenoxy) is 3. The second-order valence-corrected chi connectivity index (χ2v) is 6.73. The van der Waals surface area contributed by atoms with Crippen LogP contribution in [0.4, 0.5) is 0 Å². The summed E-state index contributed by atoms with van der Waals surface area (Å²) >= 11 is 0. The van der Waals surface area contributed by atoms with Crippen molar-refractivity contribution in [3.05, 3.63) is 66.1 Å². The lowest BCUT2D eigenvalue weighted by atomic mass is 10.1. The molecule has 0 fully saturated rings. The summed E-state index contributed by atoms with van der Waals surface area (Å²) in [6.45, 7) is -0.0247. The first-order chi connectivity index (χ1) is 15.0. The summed E-state index contributed by atoms with van der Waals surface area (Å²) in [6.07, 6.45) is 1.43. The van der Waals surface area contributed by atoms with Gasteiger partial charge in [0.1, 0.15) is 24.3 Å². The molecular weight excluding hydrogens is 400 g/mol. The number of esters is 1. The molecule has 162 valence electrons. The number of nitrogens with zero attached hydrogens (tertiary/aromatic N) is 2. The molecule has 0 bridgehead atoms. The molecule has 3 rings (SSSR count). The third kappa shape index (κ3) is 5.85. The van der Waals surface area contributed by atoms with Gasteiger partial charge in [-0.05, 0) is 29.8 Å². The predicted octanol–water partition coefficient (Wildman–Crippen LogP) is 3.10. The van der Waals surface area contributed by atoms with Gasteiger partial charge in [-0.1, -0.05) is 18.2 Å². The maximum Gasteiger partial charge on any atom is 0.325 e. The fourth-order valence-electron chi connectivity index (χ4n) is 3.00. The summed E-state index contributed by atoms with van der Waals surface area (Å²) in [6, 6.07) is 14.7. The Bertz CT molecular complexity index is 1010. The van der Waals surface area contributed by atoms with E-state index in [2.05, 4.69) is 4.98 Å². The quantitative estimate of drug-likeness (QED) is 0.488. The van der Waals surface area contributed by atoms with Gasteiger partial charge in [0.05, 0.1) is 33.4 Å². The summed E-state index contributed by atoms with van der Waals surface area (Å²) in [7, 11) is 4.37. The molecule has 0 aliphatic carbocycles. The molecule has 8 nitrogen and oxygen atoms in total. The summed E-state index contributed by atoms with van der Waals surface area (Å²) in [5, 5.41) is 0.